The van der Waals surface area contributed by atoms with Gasteiger partial charge in [-0.3, -0.25) is 4.79 Å². The van der Waals surface area contributed by atoms with E-state index in [1.165, 1.54) is 6.20 Å². The molecule has 0 aliphatic rings. The molecule has 2 aromatic rings. The number of para-hydroxylation sites is 1. The van der Waals surface area contributed by atoms with Gasteiger partial charge in [-0.05, 0) is 36.8 Å². The van der Waals surface area contributed by atoms with Gasteiger partial charge in [0.15, 0.2) is 11.5 Å². The van der Waals surface area contributed by atoms with Crippen LogP contribution in [-0.2, 0) is 4.79 Å². The molecule has 0 saturated heterocycles. The van der Waals surface area contributed by atoms with E-state index in [2.05, 4.69) is 5.32 Å². The summed E-state index contributed by atoms with van der Waals surface area (Å²) >= 11 is 0. The lowest BCUT2D eigenvalue weighted by Crippen LogP contribution is -2.28. The molecule has 0 radical (unpaired) electrons. The Bertz CT molecular complexity index is 857. The standard InChI is InChI=1S/C21H23N3O3/c1-15(16-10-11-19(26-3)20(12-16)27-4)23-21(25)17(13-22)14-24(2)18-8-6-5-7-9-18/h5-12,14-15H,1-4H3,(H,23,25)/b17-14-. The van der Waals surface area contributed by atoms with E-state index in [4.69, 9.17) is 9.47 Å². The number of nitrogens with one attached hydrogen (secondary N) is 1. The monoisotopic (exact) mass is 365 g/mol. The Labute approximate surface area is 159 Å². The first-order chi connectivity index (χ1) is 13.0. The summed E-state index contributed by atoms with van der Waals surface area (Å²) < 4.78 is 10.5. The van der Waals surface area contributed by atoms with Gasteiger partial charge in [0.1, 0.15) is 11.6 Å². The number of amides is 1. The van der Waals surface area contributed by atoms with Gasteiger partial charge in [-0.1, -0.05) is 24.3 Å². The maximum atomic E-state index is 12.5. The summed E-state index contributed by atoms with van der Waals surface area (Å²) in [4.78, 5) is 14.3. The number of methoxy groups -OCH3 is 2. The first-order valence-electron chi connectivity index (χ1n) is 8.42. The van der Waals surface area contributed by atoms with Crippen molar-refractivity contribution in [2.75, 3.05) is 26.2 Å². The largest absolute Gasteiger partial charge is 0.493 e. The predicted octanol–water partition coefficient (Wildman–Crippen LogP) is 3.42. The van der Waals surface area contributed by atoms with E-state index in [-0.39, 0.29) is 11.6 Å². The molecule has 0 spiro atoms. The molecule has 1 amide bonds. The lowest BCUT2D eigenvalue weighted by Gasteiger charge is -2.18. The van der Waals surface area contributed by atoms with Gasteiger partial charge in [0, 0.05) is 18.9 Å². The molecule has 2 aromatic carbocycles. The van der Waals surface area contributed by atoms with Crippen LogP contribution in [0.25, 0.3) is 0 Å². The van der Waals surface area contributed by atoms with Gasteiger partial charge in [-0.2, -0.15) is 5.26 Å². The second-order valence-corrected chi connectivity index (χ2v) is 5.91. The van der Waals surface area contributed by atoms with Crippen LogP contribution in [0, 0.1) is 11.3 Å². The number of carbonyl (C=O) groups excluding carboxylic acids is 1. The highest BCUT2D eigenvalue weighted by Crippen LogP contribution is 2.29. The molecule has 0 aliphatic carbocycles. The van der Waals surface area contributed by atoms with Crippen molar-refractivity contribution in [3.8, 4) is 17.6 Å². The van der Waals surface area contributed by atoms with Gasteiger partial charge in [0.05, 0.1) is 20.3 Å². The van der Waals surface area contributed by atoms with Crippen LogP contribution < -0.4 is 19.7 Å². The Morgan fingerprint density at radius 1 is 1.15 bits per heavy atom. The summed E-state index contributed by atoms with van der Waals surface area (Å²) in [5.74, 6) is 0.750. The zero-order valence-electron chi connectivity index (χ0n) is 15.9. The molecule has 0 bridgehead atoms. The predicted molar refractivity (Wildman–Crippen MR) is 105 cm³/mol. The Balaban J connectivity index is 2.14. The fraction of sp³-hybridized carbons (Fsp3) is 0.238. The number of anilines is 1. The van der Waals surface area contributed by atoms with E-state index in [1.54, 1.807) is 38.3 Å². The second-order valence-electron chi connectivity index (χ2n) is 5.91. The van der Waals surface area contributed by atoms with Gasteiger partial charge < -0.3 is 19.7 Å². The maximum Gasteiger partial charge on any atom is 0.263 e. The Hall–Kier alpha value is -3.46. The average Bonchev–Trinajstić information content (AvgIpc) is 2.71. The van der Waals surface area contributed by atoms with Crippen molar-refractivity contribution in [3.63, 3.8) is 0 Å². The summed E-state index contributed by atoms with van der Waals surface area (Å²) in [6, 6.07) is 16.6. The van der Waals surface area contributed by atoms with Crippen molar-refractivity contribution in [3.05, 3.63) is 65.9 Å². The van der Waals surface area contributed by atoms with Gasteiger partial charge >= 0.3 is 0 Å². The zero-order valence-corrected chi connectivity index (χ0v) is 15.9. The summed E-state index contributed by atoms with van der Waals surface area (Å²) in [6.07, 6.45) is 1.52. The third-order valence-corrected chi connectivity index (χ3v) is 4.11. The molecule has 1 unspecified atom stereocenters. The number of carbonyl (C=O) groups is 1. The number of rotatable bonds is 7. The first kappa shape index (κ1) is 19.9. The molecule has 1 atom stereocenters. The lowest BCUT2D eigenvalue weighted by atomic mass is 10.1. The van der Waals surface area contributed by atoms with E-state index >= 15 is 0 Å². The van der Waals surface area contributed by atoms with Crippen molar-refractivity contribution in [1.82, 2.24) is 5.32 Å². The molecule has 6 heteroatoms. The molecular formula is C21H23N3O3. The molecule has 140 valence electrons. The normalized spacial score (nSPS) is 11.9. The molecule has 2 rings (SSSR count). The van der Waals surface area contributed by atoms with E-state index in [0.717, 1.165) is 11.3 Å². The molecule has 1 N–H and O–H groups in total. The summed E-state index contributed by atoms with van der Waals surface area (Å²) in [5.41, 5.74) is 1.74. The SMILES string of the molecule is COc1ccc(C(C)NC(=O)/C(C#N)=C\N(C)c2ccccc2)cc1OC. The van der Waals surface area contributed by atoms with Crippen LogP contribution in [0.2, 0.25) is 0 Å². The van der Waals surface area contributed by atoms with Crippen LogP contribution in [0.5, 0.6) is 11.5 Å². The van der Waals surface area contributed by atoms with Gasteiger partial charge in [0.25, 0.3) is 5.91 Å². The minimum absolute atomic E-state index is 0.0219. The van der Waals surface area contributed by atoms with Crippen LogP contribution in [-0.4, -0.2) is 27.2 Å². The molecule has 0 heterocycles. The van der Waals surface area contributed by atoms with Crippen molar-refractivity contribution in [1.29, 1.82) is 5.26 Å². The van der Waals surface area contributed by atoms with Crippen LogP contribution >= 0.6 is 0 Å². The van der Waals surface area contributed by atoms with E-state index in [0.29, 0.717) is 11.5 Å². The fourth-order valence-corrected chi connectivity index (χ4v) is 2.55. The van der Waals surface area contributed by atoms with E-state index in [1.807, 2.05) is 49.4 Å². The molecule has 0 saturated carbocycles. The highest BCUT2D eigenvalue weighted by molar-refractivity contribution is 5.97. The zero-order chi connectivity index (χ0) is 19.8. The van der Waals surface area contributed by atoms with E-state index < -0.39 is 5.91 Å². The van der Waals surface area contributed by atoms with Crippen molar-refractivity contribution in [2.24, 2.45) is 0 Å². The van der Waals surface area contributed by atoms with Crippen molar-refractivity contribution >= 4 is 11.6 Å². The Morgan fingerprint density at radius 2 is 1.81 bits per heavy atom. The molecule has 0 fully saturated rings. The van der Waals surface area contributed by atoms with Gasteiger partial charge in [-0.25, -0.2) is 0 Å². The van der Waals surface area contributed by atoms with Crippen LogP contribution in [0.15, 0.2) is 60.3 Å². The summed E-state index contributed by atoms with van der Waals surface area (Å²) in [5, 5.41) is 12.2. The average molecular weight is 365 g/mol. The Kier molecular flexibility index (Phi) is 6.84. The fourth-order valence-electron chi connectivity index (χ4n) is 2.55. The van der Waals surface area contributed by atoms with Crippen molar-refractivity contribution < 1.29 is 14.3 Å². The maximum absolute atomic E-state index is 12.5. The number of ether oxygens (including phenoxy) is 2. The lowest BCUT2D eigenvalue weighted by molar-refractivity contribution is -0.117. The topological polar surface area (TPSA) is 74.6 Å². The smallest absolute Gasteiger partial charge is 0.263 e. The summed E-state index contributed by atoms with van der Waals surface area (Å²) in [6.45, 7) is 1.84. The highest BCUT2D eigenvalue weighted by Gasteiger charge is 2.16. The minimum atomic E-state index is -0.442. The van der Waals surface area contributed by atoms with Crippen LogP contribution in [0.3, 0.4) is 0 Å². The summed E-state index contributed by atoms with van der Waals surface area (Å²) in [7, 11) is 4.91. The molecule has 0 aromatic heterocycles. The van der Waals surface area contributed by atoms with Gasteiger partial charge in [0.2, 0.25) is 0 Å². The number of hydrogen-bond acceptors (Lipinski definition) is 5. The quantitative estimate of drug-likeness (QED) is 0.601. The van der Waals surface area contributed by atoms with Crippen molar-refractivity contribution in [2.45, 2.75) is 13.0 Å². The van der Waals surface area contributed by atoms with E-state index in [9.17, 15) is 10.1 Å². The van der Waals surface area contributed by atoms with Crippen LogP contribution in [0.4, 0.5) is 5.69 Å². The molecular weight excluding hydrogens is 342 g/mol. The number of hydrogen-bond donors (Lipinski definition) is 1. The highest BCUT2D eigenvalue weighted by atomic mass is 16.5. The third kappa shape index (κ3) is 5.02. The first-order valence-corrected chi connectivity index (χ1v) is 8.42. The second kappa shape index (κ2) is 9.30. The molecule has 6 nitrogen and oxygen atoms in total. The number of nitriles is 1. The number of nitrogens with zero attached hydrogens (tertiary/aromatic N) is 2. The van der Waals surface area contributed by atoms with Gasteiger partial charge in [-0.15, -0.1) is 0 Å². The van der Waals surface area contributed by atoms with Crippen LogP contribution in [0.1, 0.15) is 18.5 Å². The minimum Gasteiger partial charge on any atom is -0.493 e. The Morgan fingerprint density at radius 3 is 2.41 bits per heavy atom. The number of benzene rings is 2. The molecule has 0 aliphatic heterocycles. The molecule has 27 heavy (non-hydrogen) atoms. The third-order valence-electron chi connectivity index (χ3n) is 4.11.